The number of hydrogen-bond acceptors (Lipinski definition) is 4. The zero-order valence-electron chi connectivity index (χ0n) is 10.0. The quantitative estimate of drug-likeness (QED) is 0.910. The maximum absolute atomic E-state index is 13.6. The van der Waals surface area contributed by atoms with Crippen LogP contribution in [0.4, 0.5) is 10.2 Å². The third-order valence-electron chi connectivity index (χ3n) is 2.48. The average Bonchev–Trinajstić information content (AvgIpc) is 2.81. The van der Waals surface area contributed by atoms with Gasteiger partial charge in [-0.15, -0.1) is 11.3 Å². The SMILES string of the molecule is CCc1ccc(-c2nc(C)c(F)c(NC)n2)s1. The molecule has 2 aromatic heterocycles. The van der Waals surface area contributed by atoms with Crippen LogP contribution in [0.5, 0.6) is 0 Å². The first-order valence-corrected chi connectivity index (χ1v) is 6.28. The molecule has 1 N–H and O–H groups in total. The van der Waals surface area contributed by atoms with Crippen molar-refractivity contribution in [3.05, 3.63) is 28.5 Å². The second kappa shape index (κ2) is 4.79. The molecule has 0 aliphatic heterocycles. The number of halogens is 1. The van der Waals surface area contributed by atoms with Crippen molar-refractivity contribution in [2.24, 2.45) is 0 Å². The number of aryl methyl sites for hydroxylation is 2. The van der Waals surface area contributed by atoms with Gasteiger partial charge in [0.05, 0.1) is 10.6 Å². The molecule has 0 radical (unpaired) electrons. The molecule has 0 bridgehead atoms. The second-order valence-electron chi connectivity index (χ2n) is 3.66. The third-order valence-corrected chi connectivity index (χ3v) is 3.71. The lowest BCUT2D eigenvalue weighted by molar-refractivity contribution is 0.607. The Morgan fingerprint density at radius 1 is 1.35 bits per heavy atom. The van der Waals surface area contributed by atoms with E-state index in [-0.39, 0.29) is 11.6 Å². The number of rotatable bonds is 3. The lowest BCUT2D eigenvalue weighted by atomic mass is 10.3. The highest BCUT2D eigenvalue weighted by molar-refractivity contribution is 7.15. The van der Waals surface area contributed by atoms with Gasteiger partial charge in [0.2, 0.25) is 0 Å². The van der Waals surface area contributed by atoms with Crippen LogP contribution in [-0.2, 0) is 6.42 Å². The molecule has 0 aliphatic rings. The Bertz CT molecular complexity index is 537. The van der Waals surface area contributed by atoms with E-state index < -0.39 is 0 Å². The minimum absolute atomic E-state index is 0.249. The molecule has 0 saturated carbocycles. The van der Waals surface area contributed by atoms with E-state index >= 15 is 0 Å². The summed E-state index contributed by atoms with van der Waals surface area (Å²) in [5, 5.41) is 2.75. The standard InChI is InChI=1S/C12H14FN3S/c1-4-8-5-6-9(17-8)11-15-7(2)10(13)12(14-3)16-11/h5-6H,4H2,1-3H3,(H,14,15,16). The van der Waals surface area contributed by atoms with Gasteiger partial charge in [-0.2, -0.15) is 0 Å². The minimum atomic E-state index is -0.386. The summed E-state index contributed by atoms with van der Waals surface area (Å²) >= 11 is 1.64. The Labute approximate surface area is 104 Å². The predicted octanol–water partition coefficient (Wildman–Crippen LogP) is 3.26. The van der Waals surface area contributed by atoms with Gasteiger partial charge in [0.25, 0.3) is 0 Å². The van der Waals surface area contributed by atoms with E-state index in [1.165, 1.54) is 4.88 Å². The van der Waals surface area contributed by atoms with E-state index in [2.05, 4.69) is 28.3 Å². The molecule has 0 atom stereocenters. The molecule has 5 heteroatoms. The monoisotopic (exact) mass is 251 g/mol. The summed E-state index contributed by atoms with van der Waals surface area (Å²) in [5.41, 5.74) is 0.366. The first-order chi connectivity index (χ1) is 8.15. The topological polar surface area (TPSA) is 37.8 Å². The molecule has 0 aliphatic carbocycles. The molecule has 3 nitrogen and oxygen atoms in total. The van der Waals surface area contributed by atoms with E-state index in [1.807, 2.05) is 6.07 Å². The summed E-state index contributed by atoms with van der Waals surface area (Å²) in [7, 11) is 1.65. The summed E-state index contributed by atoms with van der Waals surface area (Å²) in [4.78, 5) is 10.6. The van der Waals surface area contributed by atoms with E-state index in [4.69, 9.17) is 0 Å². The summed E-state index contributed by atoms with van der Waals surface area (Å²) in [5.74, 6) is 0.445. The van der Waals surface area contributed by atoms with Gasteiger partial charge < -0.3 is 5.32 Å². The number of nitrogens with one attached hydrogen (secondary N) is 1. The minimum Gasteiger partial charge on any atom is -0.371 e. The van der Waals surface area contributed by atoms with Crippen LogP contribution in [0.2, 0.25) is 0 Å². The van der Waals surface area contributed by atoms with E-state index in [0.29, 0.717) is 11.5 Å². The van der Waals surface area contributed by atoms with Crippen molar-refractivity contribution in [1.29, 1.82) is 0 Å². The van der Waals surface area contributed by atoms with Crippen LogP contribution in [-0.4, -0.2) is 17.0 Å². The zero-order chi connectivity index (χ0) is 12.4. The molecule has 2 aromatic rings. The average molecular weight is 251 g/mol. The van der Waals surface area contributed by atoms with Gasteiger partial charge in [0.15, 0.2) is 17.5 Å². The Kier molecular flexibility index (Phi) is 3.38. The van der Waals surface area contributed by atoms with Gasteiger partial charge in [-0.05, 0) is 25.5 Å². The summed E-state index contributed by atoms with van der Waals surface area (Å²) in [6.07, 6.45) is 0.990. The lowest BCUT2D eigenvalue weighted by Gasteiger charge is -2.05. The van der Waals surface area contributed by atoms with E-state index in [1.54, 1.807) is 25.3 Å². The molecule has 17 heavy (non-hydrogen) atoms. The fourth-order valence-corrected chi connectivity index (χ4v) is 2.40. The van der Waals surface area contributed by atoms with Gasteiger partial charge in [0.1, 0.15) is 0 Å². The summed E-state index contributed by atoms with van der Waals surface area (Å²) in [6, 6.07) is 4.04. The van der Waals surface area contributed by atoms with E-state index in [0.717, 1.165) is 11.3 Å². The van der Waals surface area contributed by atoms with Crippen molar-refractivity contribution in [3.8, 4) is 10.7 Å². The molecular weight excluding hydrogens is 237 g/mol. The van der Waals surface area contributed by atoms with Gasteiger partial charge in [-0.25, -0.2) is 14.4 Å². The number of nitrogens with zero attached hydrogens (tertiary/aromatic N) is 2. The highest BCUT2D eigenvalue weighted by Gasteiger charge is 2.12. The first-order valence-electron chi connectivity index (χ1n) is 5.46. The molecule has 2 heterocycles. The highest BCUT2D eigenvalue weighted by Crippen LogP contribution is 2.27. The Balaban J connectivity index is 2.48. The van der Waals surface area contributed by atoms with Gasteiger partial charge in [0, 0.05) is 11.9 Å². The second-order valence-corrected chi connectivity index (χ2v) is 4.83. The molecule has 0 unspecified atom stereocenters. The van der Waals surface area contributed by atoms with Crippen LogP contribution >= 0.6 is 11.3 Å². The molecule has 0 aromatic carbocycles. The maximum atomic E-state index is 13.6. The van der Waals surface area contributed by atoms with Crippen molar-refractivity contribution < 1.29 is 4.39 Å². The highest BCUT2D eigenvalue weighted by atomic mass is 32.1. The number of anilines is 1. The first kappa shape index (κ1) is 12.0. The zero-order valence-corrected chi connectivity index (χ0v) is 10.9. The fourth-order valence-electron chi connectivity index (χ4n) is 1.52. The van der Waals surface area contributed by atoms with E-state index in [9.17, 15) is 4.39 Å². The third kappa shape index (κ3) is 2.29. The molecule has 0 saturated heterocycles. The number of aromatic nitrogens is 2. The molecule has 0 amide bonds. The van der Waals surface area contributed by atoms with Crippen molar-refractivity contribution in [2.45, 2.75) is 20.3 Å². The van der Waals surface area contributed by atoms with Gasteiger partial charge in [-0.1, -0.05) is 6.92 Å². The van der Waals surface area contributed by atoms with Crippen molar-refractivity contribution >= 4 is 17.2 Å². The fraction of sp³-hybridized carbons (Fsp3) is 0.333. The predicted molar refractivity (Wildman–Crippen MR) is 69.0 cm³/mol. The van der Waals surface area contributed by atoms with Crippen molar-refractivity contribution in [2.75, 3.05) is 12.4 Å². The Morgan fingerprint density at radius 2 is 2.12 bits per heavy atom. The molecule has 2 rings (SSSR count). The molecule has 0 fully saturated rings. The van der Waals surface area contributed by atoms with Gasteiger partial charge in [-0.3, -0.25) is 0 Å². The maximum Gasteiger partial charge on any atom is 0.186 e. The van der Waals surface area contributed by atoms with Crippen molar-refractivity contribution in [3.63, 3.8) is 0 Å². The summed E-state index contributed by atoms with van der Waals surface area (Å²) < 4.78 is 13.6. The van der Waals surface area contributed by atoms with Crippen LogP contribution in [0.25, 0.3) is 10.7 Å². The molecular formula is C12H14FN3S. The lowest BCUT2D eigenvalue weighted by Crippen LogP contribution is -2.02. The van der Waals surface area contributed by atoms with Gasteiger partial charge >= 0.3 is 0 Å². The van der Waals surface area contributed by atoms with Crippen LogP contribution in [0.15, 0.2) is 12.1 Å². The number of thiophene rings is 1. The molecule has 0 spiro atoms. The van der Waals surface area contributed by atoms with Crippen LogP contribution < -0.4 is 5.32 Å². The van der Waals surface area contributed by atoms with Crippen molar-refractivity contribution in [1.82, 2.24) is 9.97 Å². The molecule has 90 valence electrons. The normalized spacial score (nSPS) is 10.6. The summed E-state index contributed by atoms with van der Waals surface area (Å²) in [6.45, 7) is 3.75. The largest absolute Gasteiger partial charge is 0.371 e. The van der Waals surface area contributed by atoms with Crippen LogP contribution in [0, 0.1) is 12.7 Å². The van der Waals surface area contributed by atoms with Crippen LogP contribution in [0.3, 0.4) is 0 Å². The number of hydrogen-bond donors (Lipinski definition) is 1. The van der Waals surface area contributed by atoms with Crippen LogP contribution in [0.1, 0.15) is 17.5 Å². The Hall–Kier alpha value is -1.49. The Morgan fingerprint density at radius 3 is 2.71 bits per heavy atom. The smallest absolute Gasteiger partial charge is 0.186 e.